The number of hydrogen-bond acceptors (Lipinski definition) is 9. The Bertz CT molecular complexity index is 1370. The molecule has 0 radical (unpaired) electrons. The van der Waals surface area contributed by atoms with Crippen molar-refractivity contribution in [3.63, 3.8) is 0 Å². The maximum atomic E-state index is 12.8. The number of oxime groups is 1. The fourth-order valence-corrected chi connectivity index (χ4v) is 5.47. The van der Waals surface area contributed by atoms with Crippen molar-refractivity contribution >= 4 is 68.9 Å². The van der Waals surface area contributed by atoms with Gasteiger partial charge in [0, 0.05) is 10.3 Å². The Morgan fingerprint density at radius 2 is 1.91 bits per heavy atom. The lowest BCUT2D eigenvalue weighted by atomic mass is 10.1. The van der Waals surface area contributed by atoms with Gasteiger partial charge in [-0.15, -0.1) is 34.0 Å². The van der Waals surface area contributed by atoms with Crippen LogP contribution in [-0.2, 0) is 21.0 Å². The maximum Gasteiger partial charge on any atom is 0.360 e. The first kappa shape index (κ1) is 23.0. The van der Waals surface area contributed by atoms with E-state index in [-0.39, 0.29) is 29.0 Å². The van der Waals surface area contributed by atoms with E-state index in [0.29, 0.717) is 4.64 Å². The number of aromatic nitrogens is 2. The highest BCUT2D eigenvalue weighted by atomic mass is 32.1. The molecular formula is C21H16N4O4S4. The molecule has 0 aromatic carbocycles. The van der Waals surface area contributed by atoms with Crippen molar-refractivity contribution in [2.45, 2.75) is 6.54 Å². The number of rotatable bonds is 8. The van der Waals surface area contributed by atoms with Crippen molar-refractivity contribution in [1.82, 2.24) is 9.55 Å². The number of thiazole rings is 1. The first-order valence-electron chi connectivity index (χ1n) is 9.39. The number of nitrogens with one attached hydrogen (secondary N) is 1. The van der Waals surface area contributed by atoms with Crippen LogP contribution in [0, 0.1) is 4.64 Å². The van der Waals surface area contributed by atoms with Gasteiger partial charge in [0.25, 0.3) is 0 Å². The van der Waals surface area contributed by atoms with Crippen LogP contribution in [0.2, 0.25) is 0 Å². The normalized spacial score (nSPS) is 11.4. The first-order chi connectivity index (χ1) is 16.0. The fourth-order valence-electron chi connectivity index (χ4n) is 3.00. The molecule has 0 aliphatic rings. The highest BCUT2D eigenvalue weighted by Gasteiger charge is 2.19. The number of pyridine rings is 1. The van der Waals surface area contributed by atoms with E-state index in [4.69, 9.17) is 12.2 Å². The highest BCUT2D eigenvalue weighted by Crippen LogP contribution is 2.32. The van der Waals surface area contributed by atoms with Crippen molar-refractivity contribution in [2.24, 2.45) is 5.16 Å². The molecule has 12 heteroatoms. The summed E-state index contributed by atoms with van der Waals surface area (Å²) in [6, 6.07) is 11.9. The number of carboxylic acid groups (broad SMARTS) is 1. The minimum atomic E-state index is -1.28. The molecular weight excluding hydrogens is 501 g/mol. The van der Waals surface area contributed by atoms with Gasteiger partial charge in [-0.25, -0.2) is 9.78 Å². The Balaban J connectivity index is 1.60. The Morgan fingerprint density at radius 3 is 2.55 bits per heavy atom. The molecule has 1 amide bonds. The van der Waals surface area contributed by atoms with E-state index in [2.05, 4.69) is 20.3 Å². The second kappa shape index (κ2) is 10.2. The lowest BCUT2D eigenvalue weighted by Gasteiger charge is -2.14. The number of amides is 1. The summed E-state index contributed by atoms with van der Waals surface area (Å²) in [7, 11) is 1.25. The van der Waals surface area contributed by atoms with Crippen molar-refractivity contribution in [3.05, 3.63) is 62.9 Å². The summed E-state index contributed by atoms with van der Waals surface area (Å²) in [6.07, 6.45) is 0. The molecule has 8 nitrogen and oxygen atoms in total. The van der Waals surface area contributed by atoms with E-state index in [0.717, 1.165) is 32.3 Å². The van der Waals surface area contributed by atoms with Gasteiger partial charge in [-0.05, 0) is 40.6 Å². The van der Waals surface area contributed by atoms with E-state index in [1.807, 2.05) is 47.2 Å². The van der Waals surface area contributed by atoms with Crippen LogP contribution in [0.15, 0.2) is 57.7 Å². The molecule has 0 saturated carbocycles. The summed E-state index contributed by atoms with van der Waals surface area (Å²) in [5.41, 5.74) is 1.59. The van der Waals surface area contributed by atoms with Gasteiger partial charge in [0.05, 0.1) is 10.6 Å². The van der Waals surface area contributed by atoms with Crippen molar-refractivity contribution < 1.29 is 19.5 Å². The number of aliphatic carboxylic acids is 1. The largest absolute Gasteiger partial charge is 0.476 e. The standard InChI is InChI=1S/C21H16N4O4S4/c1-29-24-19(20(27)28)13-11-33-21(22-13)23-17(26)10-25-14(16-5-3-7-32-16)8-12(9-18(25)30)15-4-2-6-31-15/h2-9,11H,10H2,1H3,(H,27,28)(H,22,23,26)/b24-19+. The van der Waals surface area contributed by atoms with E-state index < -0.39 is 5.97 Å². The van der Waals surface area contributed by atoms with Crippen molar-refractivity contribution in [3.8, 4) is 21.0 Å². The van der Waals surface area contributed by atoms with Crippen LogP contribution in [0.1, 0.15) is 5.69 Å². The summed E-state index contributed by atoms with van der Waals surface area (Å²) in [6.45, 7) is -0.0242. The van der Waals surface area contributed by atoms with Crippen LogP contribution in [0.3, 0.4) is 0 Å². The predicted molar refractivity (Wildman–Crippen MR) is 134 cm³/mol. The minimum absolute atomic E-state index is 0.0242. The maximum absolute atomic E-state index is 12.8. The van der Waals surface area contributed by atoms with Crippen LogP contribution < -0.4 is 5.32 Å². The predicted octanol–water partition coefficient (Wildman–Crippen LogP) is 5.20. The van der Waals surface area contributed by atoms with E-state index in [9.17, 15) is 14.7 Å². The van der Waals surface area contributed by atoms with Crippen LogP contribution in [0.4, 0.5) is 5.13 Å². The molecule has 4 rings (SSSR count). The summed E-state index contributed by atoms with van der Waals surface area (Å²) in [5, 5.41) is 21.1. The number of hydrogen-bond donors (Lipinski definition) is 2. The molecule has 4 heterocycles. The Morgan fingerprint density at radius 1 is 1.18 bits per heavy atom. The van der Waals surface area contributed by atoms with Gasteiger partial charge in [0.15, 0.2) is 5.13 Å². The van der Waals surface area contributed by atoms with Crippen LogP contribution in [0.5, 0.6) is 0 Å². The van der Waals surface area contributed by atoms with E-state index in [1.165, 1.54) is 12.5 Å². The third-order valence-electron chi connectivity index (χ3n) is 4.39. The van der Waals surface area contributed by atoms with Crippen LogP contribution >= 0.6 is 46.2 Å². The summed E-state index contributed by atoms with van der Waals surface area (Å²) in [5.74, 6) is -1.62. The molecule has 0 aliphatic carbocycles. The Labute approximate surface area is 205 Å². The lowest BCUT2D eigenvalue weighted by Crippen LogP contribution is -2.21. The molecule has 0 spiro atoms. The Hall–Kier alpha value is -3.19. The summed E-state index contributed by atoms with van der Waals surface area (Å²) < 4.78 is 2.30. The first-order valence-corrected chi connectivity index (χ1v) is 12.4. The molecule has 4 aromatic rings. The summed E-state index contributed by atoms with van der Waals surface area (Å²) >= 11 is 9.92. The van der Waals surface area contributed by atoms with Gasteiger partial charge in [0.2, 0.25) is 11.6 Å². The minimum Gasteiger partial charge on any atom is -0.476 e. The lowest BCUT2D eigenvalue weighted by molar-refractivity contribution is -0.129. The molecule has 4 aromatic heterocycles. The number of thiophene rings is 2. The van der Waals surface area contributed by atoms with E-state index >= 15 is 0 Å². The van der Waals surface area contributed by atoms with Gasteiger partial charge >= 0.3 is 5.97 Å². The summed E-state index contributed by atoms with van der Waals surface area (Å²) in [4.78, 5) is 34.9. The molecule has 0 aliphatic heterocycles. The molecule has 0 bridgehead atoms. The van der Waals surface area contributed by atoms with Gasteiger partial charge in [0.1, 0.15) is 24.0 Å². The van der Waals surface area contributed by atoms with Crippen molar-refractivity contribution in [1.29, 1.82) is 0 Å². The third kappa shape index (κ3) is 5.25. The average molecular weight is 517 g/mol. The zero-order valence-electron chi connectivity index (χ0n) is 17.0. The molecule has 33 heavy (non-hydrogen) atoms. The smallest absolute Gasteiger partial charge is 0.360 e. The van der Waals surface area contributed by atoms with Crippen LogP contribution in [0.25, 0.3) is 21.0 Å². The zero-order chi connectivity index (χ0) is 23.4. The highest BCUT2D eigenvalue weighted by molar-refractivity contribution is 7.71. The van der Waals surface area contributed by atoms with Gasteiger partial charge < -0.3 is 19.8 Å². The Kier molecular flexibility index (Phi) is 7.08. The van der Waals surface area contributed by atoms with Gasteiger partial charge in [-0.2, -0.15) is 0 Å². The molecule has 0 fully saturated rings. The SMILES string of the molecule is CO/N=C(/C(=O)O)c1csc(NC(=O)Cn2c(-c3cccs3)cc(-c3cccs3)cc2=S)n1. The molecule has 0 atom stereocenters. The average Bonchev–Trinajstić information content (AvgIpc) is 3.55. The second-order valence-electron chi connectivity index (χ2n) is 6.52. The molecule has 0 saturated heterocycles. The molecule has 168 valence electrons. The number of carbonyl (C=O) groups excluding carboxylic acids is 1. The van der Waals surface area contributed by atoms with Gasteiger partial charge in [-0.1, -0.05) is 29.5 Å². The third-order valence-corrected chi connectivity index (χ3v) is 7.29. The fraction of sp³-hybridized carbons (Fsp3) is 0.0952. The van der Waals surface area contributed by atoms with Crippen LogP contribution in [-0.4, -0.2) is 39.4 Å². The van der Waals surface area contributed by atoms with Gasteiger partial charge in [-0.3, -0.25) is 4.79 Å². The zero-order valence-corrected chi connectivity index (χ0v) is 20.3. The quantitative estimate of drug-likeness (QED) is 0.189. The number of carboxylic acids is 1. The number of carbonyl (C=O) groups is 2. The number of anilines is 1. The molecule has 0 unspecified atom stereocenters. The second-order valence-corrected chi connectivity index (χ2v) is 9.69. The molecule has 2 N–H and O–H groups in total. The topological polar surface area (TPSA) is 106 Å². The van der Waals surface area contributed by atoms with E-state index in [1.54, 1.807) is 27.2 Å². The monoisotopic (exact) mass is 516 g/mol. The van der Waals surface area contributed by atoms with Crippen molar-refractivity contribution in [2.75, 3.05) is 12.4 Å². The number of nitrogens with zero attached hydrogens (tertiary/aromatic N) is 3.